The van der Waals surface area contributed by atoms with Crippen LogP contribution in [0.15, 0.2) is 12.1 Å². The number of hydrogen-bond donors (Lipinski definition) is 1. The zero-order chi connectivity index (χ0) is 16.9. The van der Waals surface area contributed by atoms with Gasteiger partial charge < -0.3 is 10.5 Å². The van der Waals surface area contributed by atoms with Crippen LogP contribution in [-0.4, -0.2) is 19.1 Å². The zero-order valence-electron chi connectivity index (χ0n) is 12.5. The van der Waals surface area contributed by atoms with E-state index in [0.717, 1.165) is 6.07 Å². The molecule has 0 amide bonds. The second-order valence-electron chi connectivity index (χ2n) is 5.51. The predicted octanol–water partition coefficient (Wildman–Crippen LogP) is 4.47. The van der Waals surface area contributed by atoms with Crippen molar-refractivity contribution in [2.75, 3.05) is 6.67 Å². The Morgan fingerprint density at radius 1 is 1.23 bits per heavy atom. The van der Waals surface area contributed by atoms with Crippen molar-refractivity contribution >= 4 is 0 Å². The van der Waals surface area contributed by atoms with Gasteiger partial charge in [-0.15, -0.1) is 13.2 Å². The number of nitrogens with two attached hydrogens (primary N) is 1. The Labute approximate surface area is 126 Å². The van der Waals surface area contributed by atoms with Crippen molar-refractivity contribution in [1.82, 2.24) is 0 Å². The molecule has 0 unspecified atom stereocenters. The van der Waals surface area contributed by atoms with Crippen LogP contribution in [0.2, 0.25) is 0 Å². The molecule has 0 heterocycles. The maximum atomic E-state index is 14.0. The van der Waals surface area contributed by atoms with Crippen LogP contribution in [-0.2, 0) is 6.42 Å². The maximum absolute atomic E-state index is 14.0. The van der Waals surface area contributed by atoms with Gasteiger partial charge in [-0.25, -0.2) is 8.78 Å². The summed E-state index contributed by atoms with van der Waals surface area (Å²) in [5, 5.41) is 0. The van der Waals surface area contributed by atoms with E-state index in [1.807, 2.05) is 0 Å². The fourth-order valence-corrected chi connectivity index (χ4v) is 2.09. The molecule has 0 spiro atoms. The minimum absolute atomic E-state index is 0.159. The van der Waals surface area contributed by atoms with Gasteiger partial charge in [0.25, 0.3) is 0 Å². The van der Waals surface area contributed by atoms with E-state index < -0.39 is 30.6 Å². The first-order valence-corrected chi connectivity index (χ1v) is 7.03. The van der Waals surface area contributed by atoms with Crippen molar-refractivity contribution in [3.05, 3.63) is 29.1 Å². The average molecular weight is 325 g/mol. The first-order valence-electron chi connectivity index (χ1n) is 7.03. The van der Waals surface area contributed by atoms with E-state index in [1.165, 1.54) is 6.07 Å². The smallest absolute Gasteiger partial charge is 0.403 e. The average Bonchev–Trinajstić information content (AvgIpc) is 2.39. The van der Waals surface area contributed by atoms with Crippen molar-refractivity contribution in [1.29, 1.82) is 0 Å². The summed E-state index contributed by atoms with van der Waals surface area (Å²) in [7, 11) is 0. The van der Waals surface area contributed by atoms with E-state index in [9.17, 15) is 22.0 Å². The highest BCUT2D eigenvalue weighted by Gasteiger charge is 2.33. The molecule has 2 N–H and O–H groups in total. The Balaban J connectivity index is 2.97. The minimum Gasteiger partial charge on any atom is -0.403 e. The van der Waals surface area contributed by atoms with Crippen LogP contribution in [0, 0.1) is 5.82 Å². The molecule has 0 bridgehead atoms. The van der Waals surface area contributed by atoms with Gasteiger partial charge in [0.15, 0.2) is 11.6 Å². The molecule has 0 radical (unpaired) electrons. The second kappa shape index (κ2) is 7.76. The first-order chi connectivity index (χ1) is 10.1. The van der Waals surface area contributed by atoms with Gasteiger partial charge in [0.2, 0.25) is 0 Å². The van der Waals surface area contributed by atoms with Gasteiger partial charge in [-0.05, 0) is 42.4 Å². The molecule has 7 heteroatoms. The molecule has 0 fully saturated rings. The summed E-state index contributed by atoms with van der Waals surface area (Å²) >= 11 is 0. The predicted molar refractivity (Wildman–Crippen MR) is 74.1 cm³/mol. The Kier molecular flexibility index (Phi) is 6.59. The van der Waals surface area contributed by atoms with Crippen molar-refractivity contribution in [3.63, 3.8) is 0 Å². The SMILES string of the molecule is CC(C)c1cc(CCC[C@@H](N)CF)cc(OC(F)(F)F)c1F. The number of halogens is 5. The summed E-state index contributed by atoms with van der Waals surface area (Å²) in [6, 6.07) is 1.97. The van der Waals surface area contributed by atoms with Gasteiger partial charge in [-0.1, -0.05) is 19.9 Å². The van der Waals surface area contributed by atoms with Crippen molar-refractivity contribution in [2.24, 2.45) is 5.73 Å². The molecule has 0 saturated heterocycles. The standard InChI is InChI=1S/C15H20F5NO/c1-9(2)12-6-10(4-3-5-11(21)8-16)7-13(14(12)17)22-15(18,19)20/h6-7,9,11H,3-5,8,21H2,1-2H3/t11-/m1/s1. The maximum Gasteiger partial charge on any atom is 0.573 e. The number of hydrogen-bond acceptors (Lipinski definition) is 2. The number of aryl methyl sites for hydroxylation is 1. The minimum atomic E-state index is -4.95. The fraction of sp³-hybridized carbons (Fsp3) is 0.600. The molecule has 126 valence electrons. The van der Waals surface area contributed by atoms with E-state index >= 15 is 0 Å². The number of benzene rings is 1. The summed E-state index contributed by atoms with van der Waals surface area (Å²) in [5.41, 5.74) is 6.11. The van der Waals surface area contributed by atoms with Crippen LogP contribution in [0.1, 0.15) is 43.7 Å². The summed E-state index contributed by atoms with van der Waals surface area (Å²) in [6.07, 6.45) is -3.67. The summed E-state index contributed by atoms with van der Waals surface area (Å²) in [5.74, 6) is -2.12. The number of ether oxygens (including phenoxy) is 1. The molecule has 0 aliphatic carbocycles. The molecule has 0 saturated carbocycles. The highest BCUT2D eigenvalue weighted by Crippen LogP contribution is 2.32. The Bertz CT molecular complexity index is 488. The molecule has 22 heavy (non-hydrogen) atoms. The lowest BCUT2D eigenvalue weighted by Crippen LogP contribution is -2.22. The summed E-state index contributed by atoms with van der Waals surface area (Å²) in [4.78, 5) is 0. The van der Waals surface area contributed by atoms with Gasteiger partial charge >= 0.3 is 6.36 Å². The van der Waals surface area contributed by atoms with Crippen molar-refractivity contribution in [3.8, 4) is 5.75 Å². The van der Waals surface area contributed by atoms with E-state index in [2.05, 4.69) is 4.74 Å². The van der Waals surface area contributed by atoms with Crippen LogP contribution in [0.5, 0.6) is 5.75 Å². The van der Waals surface area contributed by atoms with Gasteiger partial charge in [0.1, 0.15) is 6.67 Å². The topological polar surface area (TPSA) is 35.2 Å². The third-order valence-corrected chi connectivity index (χ3v) is 3.21. The van der Waals surface area contributed by atoms with E-state index in [1.54, 1.807) is 13.8 Å². The molecule has 0 aliphatic heterocycles. The van der Waals surface area contributed by atoms with Gasteiger partial charge in [-0.3, -0.25) is 0 Å². The largest absolute Gasteiger partial charge is 0.573 e. The molecule has 2 nitrogen and oxygen atoms in total. The third-order valence-electron chi connectivity index (χ3n) is 3.21. The van der Waals surface area contributed by atoms with Crippen LogP contribution in [0.25, 0.3) is 0 Å². The highest BCUT2D eigenvalue weighted by atomic mass is 19.4. The summed E-state index contributed by atoms with van der Waals surface area (Å²) < 4.78 is 67.1. The zero-order valence-corrected chi connectivity index (χ0v) is 12.5. The molecule has 1 aromatic carbocycles. The Morgan fingerprint density at radius 3 is 2.36 bits per heavy atom. The molecular formula is C15H20F5NO. The van der Waals surface area contributed by atoms with Crippen LogP contribution < -0.4 is 10.5 Å². The van der Waals surface area contributed by atoms with Crippen LogP contribution in [0.4, 0.5) is 22.0 Å². The molecular weight excluding hydrogens is 305 g/mol. The fourth-order valence-electron chi connectivity index (χ4n) is 2.09. The third kappa shape index (κ3) is 5.79. The molecule has 0 aliphatic rings. The van der Waals surface area contributed by atoms with Gasteiger partial charge in [0, 0.05) is 6.04 Å². The van der Waals surface area contributed by atoms with Crippen LogP contribution in [0.3, 0.4) is 0 Å². The summed E-state index contributed by atoms with van der Waals surface area (Å²) in [6.45, 7) is 2.71. The van der Waals surface area contributed by atoms with E-state index in [0.29, 0.717) is 24.8 Å². The molecule has 1 rings (SSSR count). The van der Waals surface area contributed by atoms with Crippen molar-refractivity contribution < 1.29 is 26.7 Å². The molecule has 1 aromatic rings. The molecule has 1 atom stereocenters. The quantitative estimate of drug-likeness (QED) is 0.751. The lowest BCUT2D eigenvalue weighted by Gasteiger charge is -2.16. The Hall–Kier alpha value is -1.37. The second-order valence-corrected chi connectivity index (χ2v) is 5.51. The molecule has 0 aromatic heterocycles. The van der Waals surface area contributed by atoms with Gasteiger partial charge in [0.05, 0.1) is 0 Å². The lowest BCUT2D eigenvalue weighted by molar-refractivity contribution is -0.275. The normalized spacial score (nSPS) is 13.5. The monoisotopic (exact) mass is 325 g/mol. The van der Waals surface area contributed by atoms with Gasteiger partial charge in [-0.2, -0.15) is 0 Å². The van der Waals surface area contributed by atoms with Crippen LogP contribution >= 0.6 is 0 Å². The lowest BCUT2D eigenvalue weighted by atomic mass is 9.96. The van der Waals surface area contributed by atoms with E-state index in [-0.39, 0.29) is 11.5 Å². The van der Waals surface area contributed by atoms with E-state index in [4.69, 9.17) is 5.73 Å². The highest BCUT2D eigenvalue weighted by molar-refractivity contribution is 5.38. The first kappa shape index (κ1) is 18.7. The van der Waals surface area contributed by atoms with Crippen molar-refractivity contribution in [2.45, 2.75) is 51.4 Å². The number of rotatable bonds is 7. The number of alkyl halides is 4. The Morgan fingerprint density at radius 2 is 1.86 bits per heavy atom.